The third kappa shape index (κ3) is 6.08. The Kier molecular flexibility index (Phi) is 7.28. The molecule has 3 rings (SSSR count). The largest absolute Gasteiger partial charge is 0.382 e. The van der Waals surface area contributed by atoms with Gasteiger partial charge in [-0.3, -0.25) is 9.59 Å². The van der Waals surface area contributed by atoms with Gasteiger partial charge in [-0.25, -0.2) is 0 Å². The number of carbonyl (C=O) groups excluding carboxylic acids is 2. The average Bonchev–Trinajstić information content (AvgIpc) is 2.74. The number of benzene rings is 2. The second-order valence-corrected chi connectivity index (χ2v) is 8.11. The van der Waals surface area contributed by atoms with Crippen LogP contribution in [-0.2, 0) is 4.79 Å². The van der Waals surface area contributed by atoms with Crippen molar-refractivity contribution in [2.75, 3.05) is 10.6 Å². The fourth-order valence-electron chi connectivity index (χ4n) is 3.70. The molecule has 0 spiro atoms. The lowest BCUT2D eigenvalue weighted by Crippen LogP contribution is -2.47. The van der Waals surface area contributed by atoms with Crippen LogP contribution in [0.5, 0.6) is 0 Å². The first kappa shape index (κ1) is 20.9. The van der Waals surface area contributed by atoms with Crippen molar-refractivity contribution < 1.29 is 9.59 Å². The van der Waals surface area contributed by atoms with Gasteiger partial charge in [-0.2, -0.15) is 0 Å². The van der Waals surface area contributed by atoms with E-state index in [1.165, 1.54) is 32.1 Å². The first-order valence-corrected chi connectivity index (χ1v) is 10.6. The van der Waals surface area contributed by atoms with Gasteiger partial charge in [0.05, 0.1) is 0 Å². The summed E-state index contributed by atoms with van der Waals surface area (Å²) in [5.74, 6) is -0.487. The van der Waals surface area contributed by atoms with Crippen molar-refractivity contribution in [2.45, 2.75) is 58.0 Å². The maximum Gasteiger partial charge on any atom is 0.251 e. The molecular formula is C24H31N3O2. The van der Waals surface area contributed by atoms with Gasteiger partial charge in [0.25, 0.3) is 5.91 Å². The van der Waals surface area contributed by atoms with Gasteiger partial charge in [0.2, 0.25) is 5.91 Å². The Labute approximate surface area is 173 Å². The molecule has 0 aliphatic heterocycles. The number of nitrogens with one attached hydrogen (secondary N) is 3. The van der Waals surface area contributed by atoms with Gasteiger partial charge in [0.15, 0.2) is 0 Å². The molecular weight excluding hydrogens is 362 g/mol. The second kappa shape index (κ2) is 10.1. The molecule has 2 aromatic rings. The summed E-state index contributed by atoms with van der Waals surface area (Å²) < 4.78 is 0. The fraction of sp³-hybridized carbons (Fsp3) is 0.417. The standard InChI is InChI=1S/C24H31N3O2/c1-17(2)22(27-23(28)18-9-5-3-6-10-18)24(29)26-21-15-13-20(14-16-21)25-19-11-7-4-8-12-19/h3,5-6,9-10,13-17,19,22,25H,4,7-8,11-12H2,1-2H3,(H,26,29)(H,27,28). The lowest BCUT2D eigenvalue weighted by atomic mass is 9.95. The zero-order chi connectivity index (χ0) is 20.6. The first-order chi connectivity index (χ1) is 14.0. The molecule has 1 atom stereocenters. The smallest absolute Gasteiger partial charge is 0.251 e. The zero-order valence-corrected chi connectivity index (χ0v) is 17.3. The van der Waals surface area contributed by atoms with Gasteiger partial charge in [-0.05, 0) is 55.2 Å². The Hall–Kier alpha value is -2.82. The summed E-state index contributed by atoms with van der Waals surface area (Å²) in [6.07, 6.45) is 6.35. The van der Waals surface area contributed by atoms with Gasteiger partial charge in [-0.15, -0.1) is 0 Å². The van der Waals surface area contributed by atoms with E-state index in [0.29, 0.717) is 11.6 Å². The highest BCUT2D eigenvalue weighted by atomic mass is 16.2. The molecule has 1 saturated carbocycles. The van der Waals surface area contributed by atoms with Crippen LogP contribution < -0.4 is 16.0 Å². The van der Waals surface area contributed by atoms with Crippen LogP contribution in [0.3, 0.4) is 0 Å². The number of hydrogen-bond acceptors (Lipinski definition) is 3. The topological polar surface area (TPSA) is 70.2 Å². The number of rotatable bonds is 7. The maximum atomic E-state index is 12.8. The molecule has 2 aromatic carbocycles. The molecule has 5 nitrogen and oxygen atoms in total. The maximum absolute atomic E-state index is 12.8. The van der Waals surface area contributed by atoms with E-state index in [1.807, 2.05) is 56.3 Å². The zero-order valence-electron chi connectivity index (χ0n) is 17.3. The van der Waals surface area contributed by atoms with Gasteiger partial charge < -0.3 is 16.0 Å². The monoisotopic (exact) mass is 393 g/mol. The molecule has 1 fully saturated rings. The summed E-state index contributed by atoms with van der Waals surface area (Å²) in [6, 6.07) is 16.7. The first-order valence-electron chi connectivity index (χ1n) is 10.6. The van der Waals surface area contributed by atoms with Crippen molar-refractivity contribution in [3.63, 3.8) is 0 Å². The molecule has 3 N–H and O–H groups in total. The van der Waals surface area contributed by atoms with Crippen LogP contribution in [-0.4, -0.2) is 23.9 Å². The summed E-state index contributed by atoms with van der Waals surface area (Å²) in [5.41, 5.74) is 2.35. The molecule has 0 saturated heterocycles. The third-order valence-electron chi connectivity index (χ3n) is 5.40. The van der Waals surface area contributed by atoms with Gasteiger partial charge in [0.1, 0.15) is 6.04 Å². The molecule has 154 valence electrons. The van der Waals surface area contributed by atoms with E-state index in [9.17, 15) is 9.59 Å². The van der Waals surface area contributed by atoms with E-state index in [4.69, 9.17) is 0 Å². The second-order valence-electron chi connectivity index (χ2n) is 8.11. The summed E-state index contributed by atoms with van der Waals surface area (Å²) in [7, 11) is 0. The van der Waals surface area contributed by atoms with Crippen molar-refractivity contribution >= 4 is 23.2 Å². The molecule has 1 unspecified atom stereocenters. The van der Waals surface area contributed by atoms with Crippen LogP contribution in [0.1, 0.15) is 56.3 Å². The molecule has 2 amide bonds. The summed E-state index contributed by atoms with van der Waals surface area (Å²) in [5, 5.41) is 9.36. The fourth-order valence-corrected chi connectivity index (χ4v) is 3.70. The van der Waals surface area contributed by atoms with Crippen molar-refractivity contribution in [3.05, 3.63) is 60.2 Å². The van der Waals surface area contributed by atoms with Gasteiger partial charge >= 0.3 is 0 Å². The molecule has 0 heterocycles. The van der Waals surface area contributed by atoms with Crippen molar-refractivity contribution in [1.82, 2.24) is 5.32 Å². The van der Waals surface area contributed by atoms with Crippen molar-refractivity contribution in [2.24, 2.45) is 5.92 Å². The van der Waals surface area contributed by atoms with E-state index < -0.39 is 6.04 Å². The summed E-state index contributed by atoms with van der Waals surface area (Å²) in [6.45, 7) is 3.85. The van der Waals surface area contributed by atoms with Crippen LogP contribution in [0.4, 0.5) is 11.4 Å². The third-order valence-corrected chi connectivity index (χ3v) is 5.40. The van der Waals surface area contributed by atoms with Gasteiger partial charge in [-0.1, -0.05) is 51.3 Å². The lowest BCUT2D eigenvalue weighted by molar-refractivity contribution is -0.118. The van der Waals surface area contributed by atoms with Crippen molar-refractivity contribution in [1.29, 1.82) is 0 Å². The van der Waals surface area contributed by atoms with Crippen LogP contribution in [0.2, 0.25) is 0 Å². The van der Waals surface area contributed by atoms with Crippen LogP contribution in [0.25, 0.3) is 0 Å². The normalized spacial score (nSPS) is 15.6. The predicted molar refractivity (Wildman–Crippen MR) is 118 cm³/mol. The minimum absolute atomic E-state index is 0.0325. The van der Waals surface area contributed by atoms with E-state index in [0.717, 1.165) is 11.4 Å². The SMILES string of the molecule is CC(C)C(NC(=O)c1ccccc1)C(=O)Nc1ccc(NC2CCCCC2)cc1. The number of amides is 2. The molecule has 1 aliphatic rings. The minimum Gasteiger partial charge on any atom is -0.382 e. The minimum atomic E-state index is -0.609. The Morgan fingerprint density at radius 1 is 0.862 bits per heavy atom. The van der Waals surface area contributed by atoms with E-state index in [1.54, 1.807) is 12.1 Å². The molecule has 0 aromatic heterocycles. The van der Waals surface area contributed by atoms with E-state index >= 15 is 0 Å². The average molecular weight is 394 g/mol. The van der Waals surface area contributed by atoms with E-state index in [-0.39, 0.29) is 17.7 Å². The lowest BCUT2D eigenvalue weighted by Gasteiger charge is -2.24. The van der Waals surface area contributed by atoms with Crippen LogP contribution in [0, 0.1) is 5.92 Å². The summed E-state index contributed by atoms with van der Waals surface area (Å²) >= 11 is 0. The Balaban J connectivity index is 1.58. The van der Waals surface area contributed by atoms with Crippen LogP contribution in [0.15, 0.2) is 54.6 Å². The Morgan fingerprint density at radius 3 is 2.10 bits per heavy atom. The van der Waals surface area contributed by atoms with Crippen molar-refractivity contribution in [3.8, 4) is 0 Å². The molecule has 1 aliphatic carbocycles. The quantitative estimate of drug-likeness (QED) is 0.631. The molecule has 5 heteroatoms. The molecule has 29 heavy (non-hydrogen) atoms. The number of anilines is 2. The number of carbonyl (C=O) groups is 2. The Morgan fingerprint density at radius 2 is 1.48 bits per heavy atom. The highest BCUT2D eigenvalue weighted by Gasteiger charge is 2.24. The number of hydrogen-bond donors (Lipinski definition) is 3. The summed E-state index contributed by atoms with van der Waals surface area (Å²) in [4.78, 5) is 25.2. The Bertz CT molecular complexity index is 797. The highest BCUT2D eigenvalue weighted by Crippen LogP contribution is 2.22. The predicted octanol–water partition coefficient (Wildman–Crippen LogP) is 4.82. The van der Waals surface area contributed by atoms with Gasteiger partial charge in [0, 0.05) is 23.0 Å². The molecule has 0 radical (unpaired) electrons. The van der Waals surface area contributed by atoms with E-state index in [2.05, 4.69) is 16.0 Å². The van der Waals surface area contributed by atoms with Crippen LogP contribution >= 0.6 is 0 Å². The highest BCUT2D eigenvalue weighted by molar-refractivity contribution is 6.01. The molecule has 0 bridgehead atoms.